The Morgan fingerprint density at radius 2 is 2.03 bits per heavy atom. The zero-order valence-corrected chi connectivity index (χ0v) is 18.7. The van der Waals surface area contributed by atoms with Crippen LogP contribution in [-0.2, 0) is 19.6 Å². The Bertz CT molecular complexity index is 1390. The molecule has 0 bridgehead atoms. The number of hydrogen-bond acceptors (Lipinski definition) is 8. The standard InChI is InChI=1S/C23H22BN5O3S/c1-12-19(15-6-3-7-16(21(25)30)20(15)33-12)23-28-18-11-26-10-17(18)22(29-23)27-9-13-4-2-5-14(8-13)24(31)32/h2-8,26,31-32H,9-11H2,1H3,(H2,25,30)(H,27,28,29). The SMILES string of the molecule is Cc1sc2c(C(N)=O)cccc2c1-c1nc2c(c(NCc3cccc(B(O)O)c3)n1)CNC2. The number of aryl methyl sites for hydroxylation is 1. The molecule has 2 aromatic heterocycles. The lowest BCUT2D eigenvalue weighted by Gasteiger charge is -2.13. The quantitative estimate of drug-likeness (QED) is 0.277. The van der Waals surface area contributed by atoms with Crippen LogP contribution >= 0.6 is 11.3 Å². The van der Waals surface area contributed by atoms with Crippen LogP contribution < -0.4 is 21.8 Å². The first-order valence-electron chi connectivity index (χ1n) is 10.5. The highest BCUT2D eigenvalue weighted by molar-refractivity contribution is 7.20. The molecule has 8 nitrogen and oxygen atoms in total. The molecule has 0 radical (unpaired) electrons. The van der Waals surface area contributed by atoms with E-state index in [2.05, 4.69) is 10.6 Å². The van der Waals surface area contributed by atoms with E-state index in [-0.39, 0.29) is 0 Å². The normalized spacial score (nSPS) is 12.7. The summed E-state index contributed by atoms with van der Waals surface area (Å²) in [5.74, 6) is 0.884. The molecular formula is C23H22BN5O3S. The second-order valence-electron chi connectivity index (χ2n) is 7.98. The van der Waals surface area contributed by atoms with Gasteiger partial charge in [0.15, 0.2) is 5.82 Å². The number of nitrogens with two attached hydrogens (primary N) is 1. The van der Waals surface area contributed by atoms with Gasteiger partial charge in [-0.15, -0.1) is 11.3 Å². The summed E-state index contributed by atoms with van der Waals surface area (Å²) in [6.07, 6.45) is 0. The summed E-state index contributed by atoms with van der Waals surface area (Å²) in [5, 5.41) is 26.5. The third-order valence-electron chi connectivity index (χ3n) is 5.78. The van der Waals surface area contributed by atoms with Crippen LogP contribution in [-0.4, -0.2) is 33.0 Å². The Balaban J connectivity index is 1.56. The maximum atomic E-state index is 11.9. The highest BCUT2D eigenvalue weighted by Gasteiger charge is 2.23. The first-order valence-corrected chi connectivity index (χ1v) is 11.4. The Morgan fingerprint density at radius 1 is 1.21 bits per heavy atom. The van der Waals surface area contributed by atoms with Gasteiger partial charge in [0.2, 0.25) is 5.91 Å². The van der Waals surface area contributed by atoms with Crippen LogP contribution in [0.4, 0.5) is 5.82 Å². The molecule has 33 heavy (non-hydrogen) atoms. The first-order chi connectivity index (χ1) is 15.9. The molecule has 0 spiro atoms. The summed E-state index contributed by atoms with van der Waals surface area (Å²) >= 11 is 1.52. The van der Waals surface area contributed by atoms with E-state index in [9.17, 15) is 14.8 Å². The van der Waals surface area contributed by atoms with Crippen molar-refractivity contribution in [3.05, 3.63) is 69.7 Å². The van der Waals surface area contributed by atoms with Crippen LogP contribution in [0.1, 0.15) is 32.1 Å². The van der Waals surface area contributed by atoms with Crippen LogP contribution in [0.25, 0.3) is 21.5 Å². The number of aromatic nitrogens is 2. The zero-order valence-electron chi connectivity index (χ0n) is 17.9. The van der Waals surface area contributed by atoms with Crippen molar-refractivity contribution < 1.29 is 14.8 Å². The summed E-state index contributed by atoms with van der Waals surface area (Å²) in [5.41, 5.74) is 10.3. The van der Waals surface area contributed by atoms with Crippen molar-refractivity contribution in [1.82, 2.24) is 15.3 Å². The van der Waals surface area contributed by atoms with Crippen molar-refractivity contribution in [1.29, 1.82) is 0 Å². The number of rotatable bonds is 6. The third-order valence-corrected chi connectivity index (χ3v) is 6.93. The molecule has 0 aliphatic carbocycles. The highest BCUT2D eigenvalue weighted by Crippen LogP contribution is 2.39. The van der Waals surface area contributed by atoms with Gasteiger partial charge in [-0.25, -0.2) is 9.97 Å². The van der Waals surface area contributed by atoms with E-state index in [4.69, 9.17) is 15.7 Å². The maximum absolute atomic E-state index is 11.9. The van der Waals surface area contributed by atoms with E-state index < -0.39 is 13.0 Å². The van der Waals surface area contributed by atoms with Gasteiger partial charge in [0, 0.05) is 45.7 Å². The molecule has 1 aliphatic rings. The van der Waals surface area contributed by atoms with Gasteiger partial charge >= 0.3 is 7.12 Å². The number of carbonyl (C=O) groups is 1. The molecule has 166 valence electrons. The molecule has 2 aromatic carbocycles. The van der Waals surface area contributed by atoms with Crippen LogP contribution in [0, 0.1) is 6.92 Å². The van der Waals surface area contributed by atoms with Gasteiger partial charge in [0.25, 0.3) is 0 Å². The van der Waals surface area contributed by atoms with Gasteiger partial charge in [-0.1, -0.05) is 36.4 Å². The number of thiophene rings is 1. The molecule has 0 unspecified atom stereocenters. The van der Waals surface area contributed by atoms with Crippen LogP contribution in [0.3, 0.4) is 0 Å². The van der Waals surface area contributed by atoms with Gasteiger partial charge < -0.3 is 26.4 Å². The number of primary amides is 1. The smallest absolute Gasteiger partial charge is 0.423 e. The monoisotopic (exact) mass is 459 g/mol. The van der Waals surface area contributed by atoms with E-state index in [1.54, 1.807) is 24.3 Å². The minimum atomic E-state index is -1.51. The van der Waals surface area contributed by atoms with Gasteiger partial charge in [-0.05, 0) is 24.0 Å². The number of amides is 1. The van der Waals surface area contributed by atoms with Crippen molar-refractivity contribution >= 4 is 45.7 Å². The molecule has 1 amide bonds. The van der Waals surface area contributed by atoms with Crippen molar-refractivity contribution in [3.8, 4) is 11.4 Å². The van der Waals surface area contributed by atoms with E-state index in [1.165, 1.54) is 11.3 Å². The molecule has 0 atom stereocenters. The van der Waals surface area contributed by atoms with Crippen LogP contribution in [0.5, 0.6) is 0 Å². The Hall–Kier alpha value is -3.31. The van der Waals surface area contributed by atoms with E-state index in [0.29, 0.717) is 36.5 Å². The minimum absolute atomic E-state index is 0.440. The van der Waals surface area contributed by atoms with Crippen molar-refractivity contribution in [2.75, 3.05) is 5.32 Å². The van der Waals surface area contributed by atoms with Gasteiger partial charge in [0.05, 0.1) is 11.3 Å². The summed E-state index contributed by atoms with van der Waals surface area (Å²) in [4.78, 5) is 22.6. The fourth-order valence-corrected chi connectivity index (χ4v) is 5.35. The van der Waals surface area contributed by atoms with E-state index in [1.807, 2.05) is 25.1 Å². The number of nitrogens with zero attached hydrogens (tertiary/aromatic N) is 2. The van der Waals surface area contributed by atoms with Gasteiger partial charge in [-0.2, -0.15) is 0 Å². The Morgan fingerprint density at radius 3 is 2.82 bits per heavy atom. The number of anilines is 1. The van der Waals surface area contributed by atoms with Crippen LogP contribution in [0.15, 0.2) is 42.5 Å². The minimum Gasteiger partial charge on any atom is -0.423 e. The molecule has 1 aliphatic heterocycles. The highest BCUT2D eigenvalue weighted by atomic mass is 32.1. The summed E-state index contributed by atoms with van der Waals surface area (Å²) in [6.45, 7) is 3.79. The van der Waals surface area contributed by atoms with Crippen molar-refractivity contribution in [3.63, 3.8) is 0 Å². The van der Waals surface area contributed by atoms with E-state index in [0.717, 1.165) is 43.2 Å². The molecular weight excluding hydrogens is 437 g/mol. The molecule has 0 fully saturated rings. The number of nitrogens with one attached hydrogen (secondary N) is 2. The fourth-order valence-electron chi connectivity index (χ4n) is 4.19. The predicted molar refractivity (Wildman–Crippen MR) is 130 cm³/mol. The number of fused-ring (bicyclic) bond motifs is 2. The van der Waals surface area contributed by atoms with Gasteiger partial charge in [0.1, 0.15) is 5.82 Å². The average molecular weight is 459 g/mol. The first kappa shape index (κ1) is 21.5. The fraction of sp³-hybridized carbons (Fsp3) is 0.174. The Kier molecular flexibility index (Phi) is 5.59. The topological polar surface area (TPSA) is 133 Å². The predicted octanol–water partition coefficient (Wildman–Crippen LogP) is 1.66. The average Bonchev–Trinajstić information content (AvgIpc) is 3.40. The molecule has 6 N–H and O–H groups in total. The summed E-state index contributed by atoms with van der Waals surface area (Å²) in [7, 11) is -1.51. The molecule has 10 heteroatoms. The van der Waals surface area contributed by atoms with Crippen molar-refractivity contribution in [2.24, 2.45) is 5.73 Å². The van der Waals surface area contributed by atoms with Gasteiger partial charge in [-0.3, -0.25) is 4.79 Å². The van der Waals surface area contributed by atoms with E-state index >= 15 is 0 Å². The zero-order chi connectivity index (χ0) is 23.1. The number of hydrogen-bond donors (Lipinski definition) is 5. The summed E-state index contributed by atoms with van der Waals surface area (Å²) in [6, 6.07) is 12.7. The lowest BCUT2D eigenvalue weighted by atomic mass is 9.79. The van der Waals surface area contributed by atoms with Crippen molar-refractivity contribution in [2.45, 2.75) is 26.6 Å². The Labute approximate surface area is 194 Å². The lowest BCUT2D eigenvalue weighted by molar-refractivity contribution is 0.100. The maximum Gasteiger partial charge on any atom is 0.488 e. The third kappa shape index (κ3) is 3.98. The molecule has 4 aromatic rings. The largest absolute Gasteiger partial charge is 0.488 e. The lowest BCUT2D eigenvalue weighted by Crippen LogP contribution is -2.30. The second-order valence-corrected chi connectivity index (χ2v) is 9.20. The molecule has 0 saturated carbocycles. The van der Waals surface area contributed by atoms with Crippen LogP contribution in [0.2, 0.25) is 0 Å². The second kappa shape index (κ2) is 8.56. The number of carbonyl (C=O) groups excluding carboxylic acids is 1. The summed E-state index contributed by atoms with van der Waals surface area (Å²) < 4.78 is 0.841. The molecule has 3 heterocycles. The molecule has 0 saturated heterocycles. The molecule has 5 rings (SSSR count). The number of benzene rings is 2.